The third-order valence-electron chi connectivity index (χ3n) is 6.95. The molecular weight excluding hydrogens is 508 g/mol. The van der Waals surface area contributed by atoms with E-state index in [2.05, 4.69) is 0 Å². The molecule has 8 nitrogen and oxygen atoms in total. The van der Waals surface area contributed by atoms with Gasteiger partial charge in [-0.05, 0) is 81.0 Å². The third kappa shape index (κ3) is 6.13. The van der Waals surface area contributed by atoms with Gasteiger partial charge in [0.05, 0.1) is 25.8 Å². The molecule has 1 fully saturated rings. The molecule has 0 spiro atoms. The molecule has 1 aliphatic rings. The summed E-state index contributed by atoms with van der Waals surface area (Å²) in [4.78, 5) is 30.2. The topological polar surface area (TPSA) is 88.5 Å². The first-order valence-electron chi connectivity index (χ1n) is 13.2. The van der Waals surface area contributed by atoms with Gasteiger partial charge in [0.2, 0.25) is 0 Å². The molecule has 3 aromatic carbocycles. The average molecular weight is 545 g/mol. The van der Waals surface area contributed by atoms with E-state index in [1.165, 1.54) is 12.0 Å². The van der Waals surface area contributed by atoms with E-state index in [1.54, 1.807) is 43.5 Å². The molecule has 4 rings (SSSR count). The maximum absolute atomic E-state index is 13.4. The number of ether oxygens (including phenoxy) is 3. The van der Waals surface area contributed by atoms with Crippen molar-refractivity contribution < 1.29 is 28.9 Å². The molecule has 1 N–H and O–H groups in total. The van der Waals surface area contributed by atoms with Crippen LogP contribution in [0.1, 0.15) is 34.7 Å². The number of amides is 1. The number of nitrogens with zero attached hydrogens (tertiary/aromatic N) is 2. The van der Waals surface area contributed by atoms with E-state index in [0.29, 0.717) is 47.9 Å². The van der Waals surface area contributed by atoms with Gasteiger partial charge >= 0.3 is 0 Å². The maximum Gasteiger partial charge on any atom is 0.295 e. The van der Waals surface area contributed by atoms with E-state index in [9.17, 15) is 14.7 Å². The molecule has 1 aliphatic heterocycles. The van der Waals surface area contributed by atoms with Crippen LogP contribution >= 0.6 is 0 Å². The minimum atomic E-state index is -0.781. The number of carbonyl (C=O) groups is 2. The Bertz CT molecular complexity index is 1400. The van der Waals surface area contributed by atoms with Crippen molar-refractivity contribution in [3.8, 4) is 17.2 Å². The standard InChI is InChI=1S/C32H36N2O6/c1-21-18-24(13-14-25(21)40-20-22-10-7-6-8-11-22)30(35)28-29(23-12-15-26(38-4)27(19-23)39-5)34(32(37)31(28)36)17-9-16-33(2)3/h6-8,10-15,18-19,29,35H,9,16-17,20H2,1-5H3/b30-28+/t29-/m1/s1. The Morgan fingerprint density at radius 3 is 2.27 bits per heavy atom. The van der Waals surface area contributed by atoms with E-state index >= 15 is 0 Å². The molecule has 0 saturated carbocycles. The molecule has 40 heavy (non-hydrogen) atoms. The number of benzene rings is 3. The summed E-state index contributed by atoms with van der Waals surface area (Å²) in [6.45, 7) is 3.38. The van der Waals surface area contributed by atoms with Gasteiger partial charge in [-0.1, -0.05) is 36.4 Å². The van der Waals surface area contributed by atoms with Crippen LogP contribution in [0.2, 0.25) is 0 Å². The first-order valence-corrected chi connectivity index (χ1v) is 13.2. The zero-order valence-electron chi connectivity index (χ0n) is 23.6. The summed E-state index contributed by atoms with van der Waals surface area (Å²) >= 11 is 0. The van der Waals surface area contributed by atoms with Gasteiger partial charge in [0.15, 0.2) is 11.5 Å². The second kappa shape index (κ2) is 12.7. The summed E-state index contributed by atoms with van der Waals surface area (Å²) in [5.41, 5.74) is 2.95. The number of hydrogen-bond acceptors (Lipinski definition) is 7. The van der Waals surface area contributed by atoms with E-state index in [1.807, 2.05) is 56.3 Å². The van der Waals surface area contributed by atoms with Crippen LogP contribution in [0.5, 0.6) is 17.2 Å². The fraction of sp³-hybridized carbons (Fsp3) is 0.312. The smallest absolute Gasteiger partial charge is 0.295 e. The number of ketones is 1. The van der Waals surface area contributed by atoms with Gasteiger partial charge in [-0.15, -0.1) is 0 Å². The first-order chi connectivity index (χ1) is 19.2. The molecule has 1 amide bonds. The van der Waals surface area contributed by atoms with Crippen LogP contribution in [0.4, 0.5) is 0 Å². The van der Waals surface area contributed by atoms with Gasteiger partial charge in [0.1, 0.15) is 18.1 Å². The largest absolute Gasteiger partial charge is 0.507 e. The number of Topliss-reactive ketones (excluding diaryl/α,β-unsaturated/α-hetero) is 1. The fourth-order valence-electron chi connectivity index (χ4n) is 4.89. The Balaban J connectivity index is 1.72. The SMILES string of the molecule is COc1ccc([C@@H]2/C(=C(\O)c3ccc(OCc4ccccc4)c(C)c3)C(=O)C(=O)N2CCCN(C)C)cc1OC. The fourth-order valence-corrected chi connectivity index (χ4v) is 4.89. The van der Waals surface area contributed by atoms with Crippen LogP contribution in [0.15, 0.2) is 72.3 Å². The summed E-state index contributed by atoms with van der Waals surface area (Å²) in [6, 6.07) is 19.6. The first kappa shape index (κ1) is 28.7. The van der Waals surface area contributed by atoms with Gasteiger partial charge in [-0.2, -0.15) is 0 Å². The van der Waals surface area contributed by atoms with Crippen molar-refractivity contribution in [3.63, 3.8) is 0 Å². The predicted octanol–water partition coefficient (Wildman–Crippen LogP) is 4.96. The highest BCUT2D eigenvalue weighted by Crippen LogP contribution is 2.42. The van der Waals surface area contributed by atoms with Crippen LogP contribution in [0.25, 0.3) is 5.76 Å². The normalized spacial score (nSPS) is 16.4. The number of hydrogen-bond donors (Lipinski definition) is 1. The van der Waals surface area contributed by atoms with E-state index in [4.69, 9.17) is 14.2 Å². The van der Waals surface area contributed by atoms with Crippen molar-refractivity contribution in [2.75, 3.05) is 41.4 Å². The Hall–Kier alpha value is -4.30. The van der Waals surface area contributed by atoms with E-state index < -0.39 is 17.7 Å². The second-order valence-electron chi connectivity index (χ2n) is 10.0. The highest BCUT2D eigenvalue weighted by atomic mass is 16.5. The van der Waals surface area contributed by atoms with Crippen LogP contribution in [0, 0.1) is 6.92 Å². The molecule has 0 aromatic heterocycles. The Labute approximate surface area is 235 Å². The zero-order valence-corrected chi connectivity index (χ0v) is 23.6. The van der Waals surface area contributed by atoms with Gasteiger partial charge in [0, 0.05) is 12.1 Å². The monoisotopic (exact) mass is 544 g/mol. The Morgan fingerprint density at radius 1 is 0.925 bits per heavy atom. The molecule has 0 aliphatic carbocycles. The lowest BCUT2D eigenvalue weighted by Crippen LogP contribution is -2.32. The summed E-state index contributed by atoms with van der Waals surface area (Å²) in [5, 5.41) is 11.5. The van der Waals surface area contributed by atoms with E-state index in [-0.39, 0.29) is 11.3 Å². The quantitative estimate of drug-likeness (QED) is 0.207. The number of carbonyl (C=O) groups excluding carboxylic acids is 2. The van der Waals surface area contributed by atoms with Crippen molar-refractivity contribution in [3.05, 3.63) is 94.6 Å². The van der Waals surface area contributed by atoms with Crippen LogP contribution in [-0.4, -0.2) is 68.0 Å². The van der Waals surface area contributed by atoms with Crippen LogP contribution in [0.3, 0.4) is 0 Å². The van der Waals surface area contributed by atoms with Crippen LogP contribution < -0.4 is 14.2 Å². The highest BCUT2D eigenvalue weighted by Gasteiger charge is 2.46. The molecule has 3 aromatic rings. The summed E-state index contributed by atoms with van der Waals surface area (Å²) in [5.74, 6) is 0.0722. The Morgan fingerprint density at radius 2 is 1.62 bits per heavy atom. The molecule has 210 valence electrons. The lowest BCUT2D eigenvalue weighted by molar-refractivity contribution is -0.139. The maximum atomic E-state index is 13.4. The molecule has 1 saturated heterocycles. The molecule has 1 atom stereocenters. The van der Waals surface area contributed by atoms with Crippen LogP contribution in [-0.2, 0) is 16.2 Å². The zero-order chi connectivity index (χ0) is 28.8. The number of methoxy groups -OCH3 is 2. The molecule has 1 heterocycles. The average Bonchev–Trinajstić information content (AvgIpc) is 3.21. The summed E-state index contributed by atoms with van der Waals surface area (Å²) < 4.78 is 16.9. The highest BCUT2D eigenvalue weighted by molar-refractivity contribution is 6.46. The molecular formula is C32H36N2O6. The minimum Gasteiger partial charge on any atom is -0.507 e. The van der Waals surface area contributed by atoms with Crippen molar-refractivity contribution >= 4 is 17.4 Å². The van der Waals surface area contributed by atoms with Gasteiger partial charge in [-0.25, -0.2) is 0 Å². The molecule has 0 bridgehead atoms. The number of aliphatic hydroxyl groups is 1. The predicted molar refractivity (Wildman–Crippen MR) is 154 cm³/mol. The second-order valence-corrected chi connectivity index (χ2v) is 10.0. The Kier molecular flexibility index (Phi) is 9.11. The number of aliphatic hydroxyl groups excluding tert-OH is 1. The summed E-state index contributed by atoms with van der Waals surface area (Å²) in [6.07, 6.45) is 0.663. The van der Waals surface area contributed by atoms with Crippen molar-refractivity contribution in [2.24, 2.45) is 0 Å². The lowest BCUT2D eigenvalue weighted by atomic mass is 9.94. The van der Waals surface area contributed by atoms with Gasteiger partial charge in [0.25, 0.3) is 11.7 Å². The van der Waals surface area contributed by atoms with Gasteiger partial charge in [-0.3, -0.25) is 9.59 Å². The summed E-state index contributed by atoms with van der Waals surface area (Å²) in [7, 11) is 6.98. The molecule has 0 unspecified atom stereocenters. The van der Waals surface area contributed by atoms with Gasteiger partial charge < -0.3 is 29.1 Å². The third-order valence-corrected chi connectivity index (χ3v) is 6.95. The van der Waals surface area contributed by atoms with Crippen molar-refractivity contribution in [1.29, 1.82) is 0 Å². The molecule has 0 radical (unpaired) electrons. The van der Waals surface area contributed by atoms with Crippen molar-refractivity contribution in [1.82, 2.24) is 9.80 Å². The number of rotatable bonds is 11. The lowest BCUT2D eigenvalue weighted by Gasteiger charge is -2.26. The minimum absolute atomic E-state index is 0.0411. The molecule has 8 heteroatoms. The number of likely N-dealkylation sites (tertiary alicyclic amines) is 1. The number of aryl methyl sites for hydroxylation is 1. The van der Waals surface area contributed by atoms with E-state index in [0.717, 1.165) is 17.7 Å². The van der Waals surface area contributed by atoms with Crippen molar-refractivity contribution in [2.45, 2.75) is 26.0 Å².